The molecule has 0 bridgehead atoms. The number of piperidine rings is 1. The molecule has 0 radical (unpaired) electrons. The first-order chi connectivity index (χ1) is 15.2. The number of ether oxygens (including phenoxy) is 2. The van der Waals surface area contributed by atoms with Crippen LogP contribution in [0.25, 0.3) is 10.9 Å². The minimum Gasteiger partial charge on any atom is -0.475 e. The quantitative estimate of drug-likeness (QED) is 0.764. The molecule has 0 aliphatic carbocycles. The molecule has 1 N–H and O–H groups in total. The van der Waals surface area contributed by atoms with Gasteiger partial charge in [0.1, 0.15) is 0 Å². The highest BCUT2D eigenvalue weighted by Crippen LogP contribution is 2.40. The van der Waals surface area contributed by atoms with Gasteiger partial charge in [-0.3, -0.25) is 9.78 Å². The molecule has 1 aromatic carbocycles. The minimum absolute atomic E-state index is 0.0796. The number of hydrogen-bond donors (Lipinski definition) is 1. The van der Waals surface area contributed by atoms with E-state index < -0.39 is 12.1 Å². The number of alkyl halides is 3. The van der Waals surface area contributed by atoms with Gasteiger partial charge in [0.05, 0.1) is 23.8 Å². The van der Waals surface area contributed by atoms with E-state index in [1.165, 1.54) is 0 Å². The number of rotatable bonds is 3. The number of aliphatic carboxylic acids is 1. The number of fused-ring (bicyclic) bond motifs is 2. The molecule has 2 atom stereocenters. The molecule has 2 fully saturated rings. The Hall–Kier alpha value is -2.72. The number of likely N-dealkylation sites (tertiary alicyclic amines) is 1. The summed E-state index contributed by atoms with van der Waals surface area (Å²) in [6.45, 7) is 2.88. The van der Waals surface area contributed by atoms with E-state index in [9.17, 15) is 18.0 Å². The van der Waals surface area contributed by atoms with Crippen LogP contribution in [0.4, 0.5) is 13.2 Å². The summed E-state index contributed by atoms with van der Waals surface area (Å²) in [6.07, 6.45) is -0.221. The first-order valence-corrected chi connectivity index (χ1v) is 10.2. The molecule has 3 heterocycles. The van der Waals surface area contributed by atoms with E-state index in [-0.39, 0.29) is 17.4 Å². The Kier molecular flexibility index (Phi) is 7.35. The van der Waals surface area contributed by atoms with E-state index in [1.807, 2.05) is 35.2 Å². The molecule has 7 nitrogen and oxygen atoms in total. The molecule has 0 spiro atoms. The monoisotopic (exact) mass is 454 g/mol. The Morgan fingerprint density at radius 2 is 2.03 bits per heavy atom. The number of aromatic nitrogens is 1. The lowest BCUT2D eigenvalue weighted by atomic mass is 9.73. The van der Waals surface area contributed by atoms with Crippen LogP contribution >= 0.6 is 0 Å². The van der Waals surface area contributed by atoms with Gasteiger partial charge in [-0.25, -0.2) is 4.79 Å². The van der Waals surface area contributed by atoms with Crippen molar-refractivity contribution >= 4 is 22.8 Å². The highest BCUT2D eigenvalue weighted by molar-refractivity contribution is 6.06. The average molecular weight is 454 g/mol. The second kappa shape index (κ2) is 9.83. The summed E-state index contributed by atoms with van der Waals surface area (Å²) in [6, 6.07) is 9.64. The van der Waals surface area contributed by atoms with Gasteiger partial charge in [-0.15, -0.1) is 0 Å². The third kappa shape index (κ3) is 5.18. The molecule has 2 aliphatic heterocycles. The van der Waals surface area contributed by atoms with Gasteiger partial charge in [0.25, 0.3) is 5.91 Å². The molecule has 2 aliphatic rings. The summed E-state index contributed by atoms with van der Waals surface area (Å²) in [5.41, 5.74) is 1.51. The van der Waals surface area contributed by atoms with Crippen molar-refractivity contribution in [1.82, 2.24) is 9.88 Å². The fourth-order valence-corrected chi connectivity index (χ4v) is 4.41. The van der Waals surface area contributed by atoms with Crippen molar-refractivity contribution in [2.75, 3.05) is 33.4 Å². The van der Waals surface area contributed by atoms with Crippen LogP contribution in [0.15, 0.2) is 36.5 Å². The topological polar surface area (TPSA) is 89.0 Å². The average Bonchev–Trinajstić information content (AvgIpc) is 2.77. The number of benzene rings is 1. The third-order valence-corrected chi connectivity index (χ3v) is 5.83. The highest BCUT2D eigenvalue weighted by Gasteiger charge is 2.47. The number of carbonyl (C=O) groups excluding carboxylic acids is 1. The molecule has 2 unspecified atom stereocenters. The van der Waals surface area contributed by atoms with Crippen LogP contribution in [0.5, 0.6) is 0 Å². The number of halogens is 3. The third-order valence-electron chi connectivity index (χ3n) is 5.83. The first kappa shape index (κ1) is 23.9. The Morgan fingerprint density at radius 3 is 2.72 bits per heavy atom. The van der Waals surface area contributed by atoms with Crippen molar-refractivity contribution in [1.29, 1.82) is 0 Å². The number of carboxylic acids is 1. The summed E-state index contributed by atoms with van der Waals surface area (Å²) >= 11 is 0. The lowest BCUT2D eigenvalue weighted by Crippen LogP contribution is -2.58. The van der Waals surface area contributed by atoms with Crippen molar-refractivity contribution in [2.24, 2.45) is 5.41 Å². The molecule has 2 saturated heterocycles. The number of pyridine rings is 1. The predicted molar refractivity (Wildman–Crippen MR) is 109 cm³/mol. The SMILES string of the molecule is COCC12CCCOC1CCN(C(=O)c1ccnc3ccccc13)C2.O=C(O)C(F)(F)F. The summed E-state index contributed by atoms with van der Waals surface area (Å²) in [5.74, 6) is -2.68. The van der Waals surface area contributed by atoms with Crippen LogP contribution in [-0.2, 0) is 14.3 Å². The van der Waals surface area contributed by atoms with Crippen LogP contribution < -0.4 is 0 Å². The molecular weight excluding hydrogens is 429 g/mol. The highest BCUT2D eigenvalue weighted by atomic mass is 19.4. The van der Waals surface area contributed by atoms with Gasteiger partial charge < -0.3 is 19.5 Å². The molecule has 2 aromatic rings. The Morgan fingerprint density at radius 1 is 1.31 bits per heavy atom. The predicted octanol–water partition coefficient (Wildman–Crippen LogP) is 3.53. The fraction of sp³-hybridized carbons (Fsp3) is 0.500. The van der Waals surface area contributed by atoms with Crippen LogP contribution in [0.1, 0.15) is 29.6 Å². The first-order valence-electron chi connectivity index (χ1n) is 10.2. The number of methoxy groups -OCH3 is 1. The number of para-hydroxylation sites is 1. The van der Waals surface area contributed by atoms with Crippen LogP contribution in [-0.4, -0.2) is 72.6 Å². The Balaban J connectivity index is 0.000000360. The maximum Gasteiger partial charge on any atom is 0.490 e. The summed E-state index contributed by atoms with van der Waals surface area (Å²) in [5, 5.41) is 8.04. The van der Waals surface area contributed by atoms with Crippen molar-refractivity contribution in [2.45, 2.75) is 31.5 Å². The van der Waals surface area contributed by atoms with Gasteiger partial charge in [-0.1, -0.05) is 18.2 Å². The molecule has 1 aromatic heterocycles. The smallest absolute Gasteiger partial charge is 0.475 e. The number of carboxylic acid groups (broad SMARTS) is 1. The number of amides is 1. The van der Waals surface area contributed by atoms with Crippen LogP contribution in [0.2, 0.25) is 0 Å². The van der Waals surface area contributed by atoms with E-state index in [1.54, 1.807) is 13.3 Å². The zero-order valence-corrected chi connectivity index (χ0v) is 17.6. The zero-order valence-electron chi connectivity index (χ0n) is 17.6. The second-order valence-corrected chi connectivity index (χ2v) is 7.95. The molecule has 0 saturated carbocycles. The number of carbonyl (C=O) groups is 2. The number of hydrogen-bond acceptors (Lipinski definition) is 5. The normalized spacial score (nSPS) is 23.1. The molecule has 4 rings (SSSR count). The minimum atomic E-state index is -5.08. The summed E-state index contributed by atoms with van der Waals surface area (Å²) in [4.78, 5) is 28.5. The standard InChI is InChI=1S/C20H24N2O3.C2HF3O2/c1-24-14-20-9-4-12-25-18(20)8-11-22(13-20)19(23)16-7-10-21-17-6-3-2-5-15(16)17;3-2(4,5)1(6)7/h2-3,5-7,10,18H,4,8-9,11-14H2,1H3;(H,6,7). The van der Waals surface area contributed by atoms with E-state index in [4.69, 9.17) is 19.4 Å². The molecule has 10 heteroatoms. The molecule has 174 valence electrons. The van der Waals surface area contributed by atoms with E-state index in [0.29, 0.717) is 13.2 Å². The van der Waals surface area contributed by atoms with Crippen LogP contribution in [0.3, 0.4) is 0 Å². The van der Waals surface area contributed by atoms with Gasteiger partial charge >= 0.3 is 12.1 Å². The van der Waals surface area contributed by atoms with Crippen molar-refractivity contribution in [3.05, 3.63) is 42.1 Å². The maximum atomic E-state index is 13.3. The molecular formula is C22H25F3N2O5. The lowest BCUT2D eigenvalue weighted by Gasteiger charge is -2.50. The Bertz CT molecular complexity index is 959. The van der Waals surface area contributed by atoms with Gasteiger partial charge in [0.2, 0.25) is 0 Å². The lowest BCUT2D eigenvalue weighted by molar-refractivity contribution is -0.192. The van der Waals surface area contributed by atoms with Crippen molar-refractivity contribution in [3.8, 4) is 0 Å². The molecule has 32 heavy (non-hydrogen) atoms. The van der Waals surface area contributed by atoms with Crippen molar-refractivity contribution in [3.63, 3.8) is 0 Å². The van der Waals surface area contributed by atoms with Gasteiger partial charge in [-0.05, 0) is 31.4 Å². The van der Waals surface area contributed by atoms with Gasteiger partial charge in [0, 0.05) is 43.8 Å². The van der Waals surface area contributed by atoms with Crippen LogP contribution in [0, 0.1) is 5.41 Å². The van der Waals surface area contributed by atoms with E-state index in [2.05, 4.69) is 4.98 Å². The number of nitrogens with zero attached hydrogens (tertiary/aromatic N) is 2. The van der Waals surface area contributed by atoms with E-state index in [0.717, 1.165) is 48.9 Å². The van der Waals surface area contributed by atoms with Gasteiger partial charge in [0.15, 0.2) is 0 Å². The fourth-order valence-electron chi connectivity index (χ4n) is 4.41. The Labute approximate surface area is 183 Å². The maximum absolute atomic E-state index is 13.3. The van der Waals surface area contributed by atoms with Crippen molar-refractivity contribution < 1.29 is 37.3 Å². The molecule has 1 amide bonds. The van der Waals surface area contributed by atoms with E-state index >= 15 is 0 Å². The summed E-state index contributed by atoms with van der Waals surface area (Å²) in [7, 11) is 1.73. The van der Waals surface area contributed by atoms with Gasteiger partial charge in [-0.2, -0.15) is 13.2 Å². The zero-order chi connectivity index (χ0) is 23.4. The summed E-state index contributed by atoms with van der Waals surface area (Å²) < 4.78 is 43.3. The largest absolute Gasteiger partial charge is 0.490 e. The second-order valence-electron chi connectivity index (χ2n) is 7.95.